The summed E-state index contributed by atoms with van der Waals surface area (Å²) in [6.45, 7) is 2.36. The fraction of sp³-hybridized carbons (Fsp3) is 1.00. The van der Waals surface area contributed by atoms with Gasteiger partial charge in [0, 0.05) is 11.4 Å². The molecule has 1 fully saturated rings. The lowest BCUT2D eigenvalue weighted by Gasteiger charge is -2.15. The lowest BCUT2D eigenvalue weighted by molar-refractivity contribution is 0.536. The molecule has 1 heterocycles. The van der Waals surface area contributed by atoms with Crippen LogP contribution in [0.15, 0.2) is 0 Å². The van der Waals surface area contributed by atoms with Crippen LogP contribution in [0.1, 0.15) is 12.8 Å². The molecule has 1 saturated heterocycles. The molecule has 8 heavy (non-hydrogen) atoms. The summed E-state index contributed by atoms with van der Waals surface area (Å²) in [7, 11) is 0. The molecule has 1 N–H and O–H groups in total. The van der Waals surface area contributed by atoms with E-state index < -0.39 is 0 Å². The largest absolute Gasteiger partial charge is 0.316 e. The average Bonchev–Trinajstić information content (AvgIpc) is 1.69. The Morgan fingerprint density at radius 2 is 2.25 bits per heavy atom. The minimum atomic E-state index is 0. The molecule has 3 heteroatoms. The van der Waals surface area contributed by atoms with Crippen molar-refractivity contribution in [2.24, 2.45) is 0 Å². The summed E-state index contributed by atoms with van der Waals surface area (Å²) in [5, 5.41) is 3.29. The molecular formula is C5H11BrClN. The first-order valence-electron chi connectivity index (χ1n) is 2.74. The van der Waals surface area contributed by atoms with E-state index in [9.17, 15) is 0 Å². The third-order valence-electron chi connectivity index (χ3n) is 1.24. The summed E-state index contributed by atoms with van der Waals surface area (Å²) < 4.78 is 0. The molecule has 0 aliphatic carbocycles. The molecule has 0 radical (unpaired) electrons. The van der Waals surface area contributed by atoms with Crippen LogP contribution < -0.4 is 5.32 Å². The molecule has 1 nitrogen and oxygen atoms in total. The Morgan fingerprint density at radius 3 is 2.50 bits per heavy atom. The number of halogens is 2. The molecule has 1 atom stereocenters. The smallest absolute Gasteiger partial charge is 0.0271 e. The lowest BCUT2D eigenvalue weighted by Crippen LogP contribution is -2.29. The van der Waals surface area contributed by atoms with Crippen LogP contribution in [0.5, 0.6) is 0 Å². The van der Waals surface area contributed by atoms with E-state index in [1.54, 1.807) is 0 Å². The minimum Gasteiger partial charge on any atom is -0.316 e. The van der Waals surface area contributed by atoms with E-state index in [4.69, 9.17) is 0 Å². The minimum absolute atomic E-state index is 0. The summed E-state index contributed by atoms with van der Waals surface area (Å²) >= 11 is 3.53. The summed E-state index contributed by atoms with van der Waals surface area (Å²) in [4.78, 5) is 0.737. The lowest BCUT2D eigenvalue weighted by atomic mass is 10.2. The number of rotatable bonds is 0. The predicted octanol–water partition coefficient (Wildman–Crippen LogP) is 1.56. The summed E-state index contributed by atoms with van der Waals surface area (Å²) in [5.41, 5.74) is 0. The van der Waals surface area contributed by atoms with Crippen LogP contribution in [0.3, 0.4) is 0 Å². The van der Waals surface area contributed by atoms with Crippen LogP contribution in [0.2, 0.25) is 0 Å². The van der Waals surface area contributed by atoms with Crippen molar-refractivity contribution in [1.29, 1.82) is 0 Å². The van der Waals surface area contributed by atoms with E-state index in [1.165, 1.54) is 19.4 Å². The highest BCUT2D eigenvalue weighted by molar-refractivity contribution is 9.09. The molecule has 1 rings (SSSR count). The van der Waals surface area contributed by atoms with Gasteiger partial charge in [0.1, 0.15) is 0 Å². The van der Waals surface area contributed by atoms with E-state index in [2.05, 4.69) is 21.2 Å². The van der Waals surface area contributed by atoms with Gasteiger partial charge in [0.25, 0.3) is 0 Å². The molecule has 0 aromatic rings. The van der Waals surface area contributed by atoms with Gasteiger partial charge >= 0.3 is 0 Å². The van der Waals surface area contributed by atoms with Gasteiger partial charge in [-0.15, -0.1) is 12.4 Å². The SMILES string of the molecule is Br[C@H]1CCCNC1.Cl. The van der Waals surface area contributed by atoms with Crippen molar-refractivity contribution in [1.82, 2.24) is 5.32 Å². The number of alkyl halides is 1. The third kappa shape index (κ3) is 2.90. The maximum absolute atomic E-state index is 3.53. The van der Waals surface area contributed by atoms with Crippen LogP contribution in [0.4, 0.5) is 0 Å². The van der Waals surface area contributed by atoms with Gasteiger partial charge in [-0.2, -0.15) is 0 Å². The van der Waals surface area contributed by atoms with Gasteiger partial charge in [0.2, 0.25) is 0 Å². The fourth-order valence-electron chi connectivity index (χ4n) is 0.809. The predicted molar refractivity (Wildman–Crippen MR) is 42.1 cm³/mol. The van der Waals surface area contributed by atoms with Crippen molar-refractivity contribution < 1.29 is 0 Å². The van der Waals surface area contributed by atoms with Crippen LogP contribution in [-0.2, 0) is 0 Å². The van der Waals surface area contributed by atoms with Gasteiger partial charge in [-0.1, -0.05) is 15.9 Å². The second-order valence-corrected chi connectivity index (χ2v) is 3.24. The monoisotopic (exact) mass is 199 g/mol. The molecule has 0 unspecified atom stereocenters. The van der Waals surface area contributed by atoms with Crippen molar-refractivity contribution >= 4 is 28.3 Å². The topological polar surface area (TPSA) is 12.0 Å². The second kappa shape index (κ2) is 4.59. The van der Waals surface area contributed by atoms with Crippen LogP contribution in [0.25, 0.3) is 0 Å². The van der Waals surface area contributed by atoms with Crippen LogP contribution in [0, 0.1) is 0 Å². The van der Waals surface area contributed by atoms with Crippen molar-refractivity contribution in [3.05, 3.63) is 0 Å². The maximum atomic E-state index is 3.53. The number of hydrogen-bond donors (Lipinski definition) is 1. The Bertz CT molecular complexity index is 54.4. The molecule has 0 saturated carbocycles. The molecule has 1 aliphatic heterocycles. The van der Waals surface area contributed by atoms with E-state index in [-0.39, 0.29) is 12.4 Å². The van der Waals surface area contributed by atoms with Crippen molar-refractivity contribution in [2.75, 3.05) is 13.1 Å². The van der Waals surface area contributed by atoms with Gasteiger partial charge in [0.15, 0.2) is 0 Å². The standard InChI is InChI=1S/C5H10BrN.ClH/c6-5-2-1-3-7-4-5;/h5,7H,1-4H2;1H/t5-;/m0./s1. The fourth-order valence-corrected chi connectivity index (χ4v) is 1.36. The van der Waals surface area contributed by atoms with E-state index in [0.717, 1.165) is 11.4 Å². The molecule has 0 aromatic carbocycles. The summed E-state index contributed by atoms with van der Waals surface area (Å²) in [5.74, 6) is 0. The maximum Gasteiger partial charge on any atom is 0.0271 e. The quantitative estimate of drug-likeness (QED) is 0.585. The number of piperidine rings is 1. The van der Waals surface area contributed by atoms with Gasteiger partial charge in [-0.3, -0.25) is 0 Å². The zero-order valence-electron chi connectivity index (χ0n) is 4.69. The Morgan fingerprint density at radius 1 is 1.50 bits per heavy atom. The van der Waals surface area contributed by atoms with E-state index >= 15 is 0 Å². The Labute approximate surface area is 64.8 Å². The first-order valence-corrected chi connectivity index (χ1v) is 3.66. The van der Waals surface area contributed by atoms with Gasteiger partial charge in [-0.25, -0.2) is 0 Å². The van der Waals surface area contributed by atoms with Crippen LogP contribution in [-0.4, -0.2) is 17.9 Å². The Balaban J connectivity index is 0.000000490. The summed E-state index contributed by atoms with van der Waals surface area (Å²) in [6.07, 6.45) is 2.67. The van der Waals surface area contributed by atoms with Gasteiger partial charge in [0.05, 0.1) is 0 Å². The van der Waals surface area contributed by atoms with Gasteiger partial charge in [-0.05, 0) is 19.4 Å². The van der Waals surface area contributed by atoms with Crippen LogP contribution >= 0.6 is 28.3 Å². The molecule has 0 bridgehead atoms. The molecule has 0 amide bonds. The van der Waals surface area contributed by atoms with E-state index in [0.29, 0.717) is 0 Å². The first kappa shape index (κ1) is 8.73. The Kier molecular flexibility index (Phi) is 5.01. The average molecular weight is 201 g/mol. The highest BCUT2D eigenvalue weighted by Gasteiger charge is 2.06. The molecular weight excluding hydrogens is 189 g/mol. The molecule has 1 aliphatic rings. The van der Waals surface area contributed by atoms with Crippen molar-refractivity contribution in [3.8, 4) is 0 Å². The zero-order valence-corrected chi connectivity index (χ0v) is 7.09. The molecule has 50 valence electrons. The Hall–Kier alpha value is 0.730. The molecule has 0 spiro atoms. The van der Waals surface area contributed by atoms with Gasteiger partial charge < -0.3 is 5.32 Å². The van der Waals surface area contributed by atoms with Crippen molar-refractivity contribution in [3.63, 3.8) is 0 Å². The van der Waals surface area contributed by atoms with Crippen molar-refractivity contribution in [2.45, 2.75) is 17.7 Å². The highest BCUT2D eigenvalue weighted by Crippen LogP contribution is 2.09. The third-order valence-corrected chi connectivity index (χ3v) is 2.02. The highest BCUT2D eigenvalue weighted by atomic mass is 79.9. The first-order chi connectivity index (χ1) is 3.39. The number of hydrogen-bond acceptors (Lipinski definition) is 1. The summed E-state index contributed by atoms with van der Waals surface area (Å²) in [6, 6.07) is 0. The second-order valence-electron chi connectivity index (χ2n) is 1.94. The number of nitrogens with one attached hydrogen (secondary N) is 1. The zero-order chi connectivity index (χ0) is 5.11. The normalized spacial score (nSPS) is 28.9. The molecule has 0 aromatic heterocycles. The van der Waals surface area contributed by atoms with E-state index in [1.807, 2.05) is 0 Å².